The molecule has 1 aliphatic rings. The molecular weight excluding hydrogens is 280 g/mol. The minimum absolute atomic E-state index is 0. The van der Waals surface area contributed by atoms with Gasteiger partial charge in [-0.25, -0.2) is 0 Å². The van der Waals surface area contributed by atoms with Gasteiger partial charge in [0, 0.05) is 26.7 Å². The van der Waals surface area contributed by atoms with Gasteiger partial charge in [0.2, 0.25) is 5.91 Å². The predicted molar refractivity (Wildman–Crippen MR) is 79.2 cm³/mol. The second kappa shape index (κ2) is 8.09. The van der Waals surface area contributed by atoms with Crippen molar-refractivity contribution in [3.05, 3.63) is 29.3 Å². The molecular formula is C14H21ClN2O3. The van der Waals surface area contributed by atoms with Gasteiger partial charge in [-0.3, -0.25) is 4.79 Å². The van der Waals surface area contributed by atoms with Crippen LogP contribution in [0.15, 0.2) is 18.2 Å². The zero-order valence-electron chi connectivity index (χ0n) is 11.6. The van der Waals surface area contributed by atoms with Gasteiger partial charge in [0.25, 0.3) is 0 Å². The molecule has 112 valence electrons. The average Bonchev–Trinajstić information content (AvgIpc) is 2.42. The maximum absolute atomic E-state index is 12.0. The van der Waals surface area contributed by atoms with E-state index < -0.39 is 0 Å². The zero-order chi connectivity index (χ0) is 13.7. The Morgan fingerprint density at radius 2 is 2.25 bits per heavy atom. The summed E-state index contributed by atoms with van der Waals surface area (Å²) in [6, 6.07) is 5.37. The number of carbonyl (C=O) groups is 1. The summed E-state index contributed by atoms with van der Waals surface area (Å²) >= 11 is 0. The number of methoxy groups -OCH3 is 1. The van der Waals surface area contributed by atoms with Crippen LogP contribution in [0.2, 0.25) is 0 Å². The van der Waals surface area contributed by atoms with Crippen molar-refractivity contribution in [2.24, 2.45) is 0 Å². The average molecular weight is 301 g/mol. The second-order valence-electron chi connectivity index (χ2n) is 4.69. The number of halogens is 1. The summed E-state index contributed by atoms with van der Waals surface area (Å²) in [6.07, 6.45) is 0.847. The van der Waals surface area contributed by atoms with Crippen molar-refractivity contribution in [3.63, 3.8) is 0 Å². The standard InChI is InChI=1S/C14H20N2O3.ClH/c1-19-7-5-15-9-14(18)16-6-4-11-2-3-13(17)8-12(11)10-16;/h2-3,8,15,17H,4-7,9-10H2,1H3;1H. The van der Waals surface area contributed by atoms with Gasteiger partial charge >= 0.3 is 0 Å². The first-order valence-electron chi connectivity index (χ1n) is 6.49. The predicted octanol–water partition coefficient (Wildman–Crippen LogP) is 0.935. The number of hydrogen-bond donors (Lipinski definition) is 2. The Morgan fingerprint density at radius 1 is 1.45 bits per heavy atom. The Kier molecular flexibility index (Phi) is 6.78. The van der Waals surface area contributed by atoms with Crippen LogP contribution in [0.4, 0.5) is 0 Å². The quantitative estimate of drug-likeness (QED) is 0.794. The van der Waals surface area contributed by atoms with Crippen LogP contribution in [-0.4, -0.2) is 49.3 Å². The van der Waals surface area contributed by atoms with Crippen LogP contribution in [0.5, 0.6) is 5.75 Å². The Labute approximate surface area is 125 Å². The molecule has 0 bridgehead atoms. The number of nitrogens with zero attached hydrogens (tertiary/aromatic N) is 1. The molecule has 1 aromatic rings. The fourth-order valence-corrected chi connectivity index (χ4v) is 2.24. The van der Waals surface area contributed by atoms with E-state index in [4.69, 9.17) is 4.74 Å². The van der Waals surface area contributed by atoms with Gasteiger partial charge in [-0.15, -0.1) is 12.4 Å². The smallest absolute Gasteiger partial charge is 0.236 e. The lowest BCUT2D eigenvalue weighted by molar-refractivity contribution is -0.131. The molecule has 2 rings (SSSR count). The SMILES string of the molecule is COCCNCC(=O)N1CCc2ccc(O)cc2C1.Cl. The van der Waals surface area contributed by atoms with Gasteiger partial charge in [0.15, 0.2) is 0 Å². The molecule has 0 fully saturated rings. The molecule has 0 unspecified atom stereocenters. The molecule has 1 amide bonds. The van der Waals surface area contributed by atoms with Crippen LogP contribution >= 0.6 is 12.4 Å². The number of phenolic OH excluding ortho intramolecular Hbond substituents is 1. The highest BCUT2D eigenvalue weighted by molar-refractivity contribution is 5.85. The number of phenols is 1. The van der Waals surface area contributed by atoms with Gasteiger partial charge in [0.05, 0.1) is 13.2 Å². The van der Waals surface area contributed by atoms with Crippen molar-refractivity contribution in [1.29, 1.82) is 0 Å². The summed E-state index contributed by atoms with van der Waals surface area (Å²) in [5.74, 6) is 0.344. The molecule has 2 N–H and O–H groups in total. The van der Waals surface area contributed by atoms with Crippen molar-refractivity contribution >= 4 is 18.3 Å². The van der Waals surface area contributed by atoms with Gasteiger partial charge in [-0.2, -0.15) is 0 Å². The summed E-state index contributed by atoms with van der Waals surface area (Å²) in [7, 11) is 1.64. The zero-order valence-corrected chi connectivity index (χ0v) is 12.4. The van der Waals surface area contributed by atoms with Crippen LogP contribution in [0.3, 0.4) is 0 Å². The number of nitrogens with one attached hydrogen (secondary N) is 1. The molecule has 0 atom stereocenters. The molecule has 1 heterocycles. The second-order valence-corrected chi connectivity index (χ2v) is 4.69. The van der Waals surface area contributed by atoms with Crippen LogP contribution in [0.1, 0.15) is 11.1 Å². The van der Waals surface area contributed by atoms with Crippen LogP contribution in [0.25, 0.3) is 0 Å². The summed E-state index contributed by atoms with van der Waals surface area (Å²) in [5.41, 5.74) is 2.26. The third-order valence-electron chi connectivity index (χ3n) is 3.31. The molecule has 6 heteroatoms. The first kappa shape index (κ1) is 16.8. The molecule has 0 aromatic heterocycles. The van der Waals surface area contributed by atoms with Crippen molar-refractivity contribution in [2.45, 2.75) is 13.0 Å². The van der Waals surface area contributed by atoms with E-state index in [0.29, 0.717) is 26.2 Å². The third-order valence-corrected chi connectivity index (χ3v) is 3.31. The maximum atomic E-state index is 12.0. The summed E-state index contributed by atoms with van der Waals surface area (Å²) < 4.78 is 4.91. The summed E-state index contributed by atoms with van der Waals surface area (Å²) in [6.45, 7) is 2.92. The van der Waals surface area contributed by atoms with Crippen LogP contribution in [-0.2, 0) is 22.5 Å². The number of hydrogen-bond acceptors (Lipinski definition) is 4. The van der Waals surface area contributed by atoms with Crippen LogP contribution < -0.4 is 5.32 Å². The number of benzene rings is 1. The van der Waals surface area contributed by atoms with Crippen molar-refractivity contribution in [3.8, 4) is 5.75 Å². The topological polar surface area (TPSA) is 61.8 Å². The summed E-state index contributed by atoms with van der Waals surface area (Å²) in [5, 5.41) is 12.5. The Morgan fingerprint density at radius 3 is 3.00 bits per heavy atom. The highest BCUT2D eigenvalue weighted by atomic mass is 35.5. The highest BCUT2D eigenvalue weighted by Crippen LogP contribution is 2.22. The summed E-state index contributed by atoms with van der Waals surface area (Å²) in [4.78, 5) is 13.8. The van der Waals surface area contributed by atoms with E-state index in [9.17, 15) is 9.90 Å². The van der Waals surface area contributed by atoms with E-state index in [2.05, 4.69) is 5.32 Å². The first-order chi connectivity index (χ1) is 9.20. The Bertz CT molecular complexity index is 454. The molecule has 1 aromatic carbocycles. The number of rotatable bonds is 5. The number of amides is 1. The number of ether oxygens (including phenoxy) is 1. The number of carbonyl (C=O) groups excluding carboxylic acids is 1. The molecule has 0 saturated carbocycles. The molecule has 0 spiro atoms. The largest absolute Gasteiger partial charge is 0.508 e. The molecule has 5 nitrogen and oxygen atoms in total. The van der Waals surface area contributed by atoms with Crippen molar-refractivity contribution in [1.82, 2.24) is 10.2 Å². The first-order valence-corrected chi connectivity index (χ1v) is 6.49. The van der Waals surface area contributed by atoms with E-state index in [1.807, 2.05) is 11.0 Å². The van der Waals surface area contributed by atoms with E-state index >= 15 is 0 Å². The minimum Gasteiger partial charge on any atom is -0.508 e. The van der Waals surface area contributed by atoms with E-state index in [1.165, 1.54) is 5.56 Å². The number of fused-ring (bicyclic) bond motifs is 1. The maximum Gasteiger partial charge on any atom is 0.236 e. The molecule has 1 aliphatic heterocycles. The minimum atomic E-state index is 0. The lowest BCUT2D eigenvalue weighted by Crippen LogP contribution is -2.41. The lowest BCUT2D eigenvalue weighted by atomic mass is 9.99. The van der Waals surface area contributed by atoms with Gasteiger partial charge < -0.3 is 20.1 Å². The van der Waals surface area contributed by atoms with Crippen LogP contribution in [0, 0.1) is 0 Å². The molecule has 0 saturated heterocycles. The highest BCUT2D eigenvalue weighted by Gasteiger charge is 2.20. The van der Waals surface area contributed by atoms with E-state index in [1.54, 1.807) is 19.2 Å². The Hall–Kier alpha value is -1.30. The normalized spacial score (nSPS) is 13.6. The number of aromatic hydroxyl groups is 1. The van der Waals surface area contributed by atoms with Gasteiger partial charge in [-0.1, -0.05) is 6.07 Å². The molecule has 20 heavy (non-hydrogen) atoms. The molecule has 0 radical (unpaired) electrons. The molecule has 0 aliphatic carbocycles. The van der Waals surface area contributed by atoms with Crippen molar-refractivity contribution in [2.75, 3.05) is 33.4 Å². The van der Waals surface area contributed by atoms with E-state index in [0.717, 1.165) is 18.5 Å². The van der Waals surface area contributed by atoms with Gasteiger partial charge in [-0.05, 0) is 29.7 Å². The fraction of sp³-hybridized carbons (Fsp3) is 0.500. The Balaban J connectivity index is 0.00000200. The third kappa shape index (κ3) is 4.37. The van der Waals surface area contributed by atoms with Crippen molar-refractivity contribution < 1.29 is 14.6 Å². The lowest BCUT2D eigenvalue weighted by Gasteiger charge is -2.29. The van der Waals surface area contributed by atoms with E-state index in [-0.39, 0.29) is 24.1 Å². The monoisotopic (exact) mass is 300 g/mol. The fourth-order valence-electron chi connectivity index (χ4n) is 2.24. The van der Waals surface area contributed by atoms with Gasteiger partial charge in [0.1, 0.15) is 5.75 Å².